The second-order valence-corrected chi connectivity index (χ2v) is 5.67. The number of pyridine rings is 1. The topological polar surface area (TPSA) is 28.2 Å². The van der Waals surface area contributed by atoms with Gasteiger partial charge in [0.1, 0.15) is 0 Å². The summed E-state index contributed by atoms with van der Waals surface area (Å²) in [4.78, 5) is 6.99. The zero-order chi connectivity index (χ0) is 13.0. The summed E-state index contributed by atoms with van der Waals surface area (Å²) < 4.78 is 0. The van der Waals surface area contributed by atoms with Crippen molar-refractivity contribution in [2.24, 2.45) is 5.92 Å². The van der Waals surface area contributed by atoms with E-state index >= 15 is 0 Å². The van der Waals surface area contributed by atoms with Gasteiger partial charge >= 0.3 is 0 Å². The normalized spacial score (nSPS) is 25.6. The average molecular weight is 247 g/mol. The smallest absolute Gasteiger partial charge is 0.0416 e. The number of rotatable bonds is 4. The quantitative estimate of drug-likeness (QED) is 0.881. The lowest BCUT2D eigenvalue weighted by Gasteiger charge is -2.40. The van der Waals surface area contributed by atoms with E-state index in [1.165, 1.54) is 5.69 Å². The molecule has 2 heterocycles. The van der Waals surface area contributed by atoms with Gasteiger partial charge in [-0.1, -0.05) is 19.9 Å². The predicted molar refractivity (Wildman–Crippen MR) is 75.6 cm³/mol. The van der Waals surface area contributed by atoms with Gasteiger partial charge in [0.05, 0.1) is 0 Å². The summed E-state index contributed by atoms with van der Waals surface area (Å²) in [6.45, 7) is 10.3. The molecular weight excluding hydrogens is 222 g/mol. The molecule has 2 unspecified atom stereocenters. The van der Waals surface area contributed by atoms with Crippen molar-refractivity contribution >= 4 is 0 Å². The summed E-state index contributed by atoms with van der Waals surface area (Å²) in [7, 11) is 0. The van der Waals surface area contributed by atoms with E-state index in [-0.39, 0.29) is 0 Å². The van der Waals surface area contributed by atoms with E-state index < -0.39 is 0 Å². The molecule has 0 aliphatic carbocycles. The highest BCUT2D eigenvalue weighted by atomic mass is 15.2. The molecule has 0 saturated carbocycles. The Morgan fingerprint density at radius 3 is 2.94 bits per heavy atom. The third kappa shape index (κ3) is 3.53. The monoisotopic (exact) mass is 247 g/mol. The summed E-state index contributed by atoms with van der Waals surface area (Å²) in [5, 5.41) is 3.64. The number of nitrogens with zero attached hydrogens (tertiary/aromatic N) is 2. The van der Waals surface area contributed by atoms with Crippen LogP contribution in [0.1, 0.15) is 26.5 Å². The Hall–Kier alpha value is -0.930. The highest BCUT2D eigenvalue weighted by Gasteiger charge is 2.26. The largest absolute Gasteiger partial charge is 0.311 e. The fraction of sp³-hybridized carbons (Fsp3) is 0.667. The zero-order valence-electron chi connectivity index (χ0n) is 11.8. The van der Waals surface area contributed by atoms with E-state index in [9.17, 15) is 0 Å². The third-order valence-electron chi connectivity index (χ3n) is 3.92. The molecule has 100 valence electrons. The molecule has 0 spiro atoms. The van der Waals surface area contributed by atoms with Gasteiger partial charge in [-0.3, -0.25) is 9.88 Å². The molecule has 3 heteroatoms. The molecule has 1 N–H and O–H groups in total. The van der Waals surface area contributed by atoms with E-state index in [2.05, 4.69) is 48.1 Å². The molecular formula is C15H25N3. The lowest BCUT2D eigenvalue weighted by molar-refractivity contribution is 0.124. The molecule has 0 aromatic carbocycles. The van der Waals surface area contributed by atoms with Gasteiger partial charge in [0.2, 0.25) is 0 Å². The van der Waals surface area contributed by atoms with Crippen molar-refractivity contribution in [2.45, 2.75) is 39.3 Å². The third-order valence-corrected chi connectivity index (χ3v) is 3.92. The summed E-state index contributed by atoms with van der Waals surface area (Å²) >= 11 is 0. The van der Waals surface area contributed by atoms with Crippen LogP contribution in [0.5, 0.6) is 0 Å². The van der Waals surface area contributed by atoms with Gasteiger partial charge in [-0.25, -0.2) is 0 Å². The maximum atomic E-state index is 4.40. The molecule has 3 nitrogen and oxygen atoms in total. The first-order valence-electron chi connectivity index (χ1n) is 7.04. The zero-order valence-corrected chi connectivity index (χ0v) is 11.8. The molecule has 0 radical (unpaired) electrons. The molecule has 1 aliphatic rings. The first-order chi connectivity index (χ1) is 8.66. The lowest BCUT2D eigenvalue weighted by Crippen LogP contribution is -2.57. The Bertz CT molecular complexity index is 350. The highest BCUT2D eigenvalue weighted by molar-refractivity contribution is 5.04. The van der Waals surface area contributed by atoms with Gasteiger partial charge in [0.15, 0.2) is 0 Å². The van der Waals surface area contributed by atoms with Gasteiger partial charge in [-0.15, -0.1) is 0 Å². The van der Waals surface area contributed by atoms with Crippen molar-refractivity contribution in [3.63, 3.8) is 0 Å². The molecule has 0 amide bonds. The first kappa shape index (κ1) is 13.5. The molecule has 1 fully saturated rings. The fourth-order valence-electron chi connectivity index (χ4n) is 2.51. The minimum absolute atomic E-state index is 0.628. The predicted octanol–water partition coefficient (Wildman–Crippen LogP) is 1.94. The van der Waals surface area contributed by atoms with Crippen LogP contribution >= 0.6 is 0 Å². The van der Waals surface area contributed by atoms with Gasteiger partial charge in [-0.05, 0) is 25.0 Å². The second kappa shape index (κ2) is 6.30. The van der Waals surface area contributed by atoms with Gasteiger partial charge in [0.25, 0.3) is 0 Å². The average Bonchev–Trinajstić information content (AvgIpc) is 2.38. The summed E-state index contributed by atoms with van der Waals surface area (Å²) in [6.07, 6.45) is 2.93. The Morgan fingerprint density at radius 2 is 2.28 bits per heavy atom. The molecule has 1 aromatic heterocycles. The van der Waals surface area contributed by atoms with Crippen LogP contribution in [0.15, 0.2) is 24.4 Å². The number of hydrogen-bond donors (Lipinski definition) is 1. The molecule has 18 heavy (non-hydrogen) atoms. The number of piperazine rings is 1. The molecule has 1 saturated heterocycles. The van der Waals surface area contributed by atoms with Crippen molar-refractivity contribution in [3.8, 4) is 0 Å². The minimum atomic E-state index is 0.628. The SMILES string of the molecule is CC(C)C1CN(CCc2ccccn2)C(C)CN1. The summed E-state index contributed by atoms with van der Waals surface area (Å²) in [5.41, 5.74) is 1.20. The van der Waals surface area contributed by atoms with Crippen molar-refractivity contribution in [1.29, 1.82) is 0 Å². The van der Waals surface area contributed by atoms with Crippen molar-refractivity contribution in [3.05, 3.63) is 30.1 Å². The minimum Gasteiger partial charge on any atom is -0.311 e. The van der Waals surface area contributed by atoms with Crippen molar-refractivity contribution < 1.29 is 0 Å². The maximum Gasteiger partial charge on any atom is 0.0416 e. The Morgan fingerprint density at radius 1 is 1.44 bits per heavy atom. The van der Waals surface area contributed by atoms with E-state index in [1.54, 1.807) is 0 Å². The first-order valence-corrected chi connectivity index (χ1v) is 7.04. The standard InChI is InChI=1S/C15H25N3/c1-12(2)15-11-18(13(3)10-17-15)9-7-14-6-4-5-8-16-14/h4-6,8,12-13,15,17H,7,9-11H2,1-3H3. The van der Waals surface area contributed by atoms with Crippen LogP contribution in [-0.4, -0.2) is 41.6 Å². The second-order valence-electron chi connectivity index (χ2n) is 5.67. The number of hydrogen-bond acceptors (Lipinski definition) is 3. The summed E-state index contributed by atoms with van der Waals surface area (Å²) in [6, 6.07) is 7.42. The van der Waals surface area contributed by atoms with Crippen LogP contribution in [0.3, 0.4) is 0 Å². The maximum absolute atomic E-state index is 4.40. The van der Waals surface area contributed by atoms with Crippen LogP contribution in [0, 0.1) is 5.92 Å². The van der Waals surface area contributed by atoms with Crippen LogP contribution < -0.4 is 5.32 Å². The molecule has 2 atom stereocenters. The van der Waals surface area contributed by atoms with Crippen LogP contribution in [-0.2, 0) is 6.42 Å². The Kier molecular flexibility index (Phi) is 4.72. The molecule has 1 aromatic rings. The lowest BCUT2D eigenvalue weighted by atomic mass is 9.99. The van der Waals surface area contributed by atoms with Gasteiger partial charge < -0.3 is 5.32 Å². The van der Waals surface area contributed by atoms with E-state index in [0.717, 1.165) is 26.1 Å². The van der Waals surface area contributed by atoms with Crippen LogP contribution in [0.25, 0.3) is 0 Å². The Labute approximate surface area is 111 Å². The van der Waals surface area contributed by atoms with E-state index in [1.807, 2.05) is 12.3 Å². The highest BCUT2D eigenvalue weighted by Crippen LogP contribution is 2.13. The van der Waals surface area contributed by atoms with E-state index in [4.69, 9.17) is 0 Å². The molecule has 1 aliphatic heterocycles. The Balaban J connectivity index is 1.87. The van der Waals surface area contributed by atoms with Crippen molar-refractivity contribution in [1.82, 2.24) is 15.2 Å². The van der Waals surface area contributed by atoms with Gasteiger partial charge in [0, 0.05) is 50.0 Å². The van der Waals surface area contributed by atoms with Crippen LogP contribution in [0.2, 0.25) is 0 Å². The van der Waals surface area contributed by atoms with Crippen LogP contribution in [0.4, 0.5) is 0 Å². The summed E-state index contributed by atoms with van der Waals surface area (Å²) in [5.74, 6) is 0.704. The van der Waals surface area contributed by atoms with Gasteiger partial charge in [-0.2, -0.15) is 0 Å². The fourth-order valence-corrected chi connectivity index (χ4v) is 2.51. The number of aromatic nitrogens is 1. The van der Waals surface area contributed by atoms with E-state index in [0.29, 0.717) is 18.0 Å². The molecule has 0 bridgehead atoms. The number of nitrogens with one attached hydrogen (secondary N) is 1. The molecule has 2 rings (SSSR count). The van der Waals surface area contributed by atoms with Crippen molar-refractivity contribution in [2.75, 3.05) is 19.6 Å².